The molecule has 0 radical (unpaired) electrons. The molecule has 0 saturated carbocycles. The third kappa shape index (κ3) is 4.64. The van der Waals surface area contributed by atoms with Crippen LogP contribution >= 0.6 is 0 Å². The summed E-state index contributed by atoms with van der Waals surface area (Å²) in [5, 5.41) is 21.3. The van der Waals surface area contributed by atoms with E-state index in [4.69, 9.17) is 5.11 Å². The summed E-state index contributed by atoms with van der Waals surface area (Å²) in [6.45, 7) is 7.36. The first-order chi connectivity index (χ1) is 9.49. The van der Waals surface area contributed by atoms with Gasteiger partial charge < -0.3 is 25.3 Å². The molecule has 0 aromatic carbocycles. The highest BCUT2D eigenvalue weighted by molar-refractivity contribution is 5.83. The average Bonchev–Trinajstić information content (AvgIpc) is 2.80. The molecule has 7 nitrogen and oxygen atoms in total. The molecule has 116 valence electrons. The van der Waals surface area contributed by atoms with E-state index in [1.807, 2.05) is 0 Å². The number of aliphatic hydroxyl groups excluding tert-OH is 1. The summed E-state index contributed by atoms with van der Waals surface area (Å²) in [6, 6.07) is -1.34. The Morgan fingerprint density at radius 1 is 1.35 bits per heavy atom. The quantitative estimate of drug-likeness (QED) is 0.610. The van der Waals surface area contributed by atoms with Crippen LogP contribution in [0.5, 0.6) is 0 Å². The van der Waals surface area contributed by atoms with E-state index >= 15 is 0 Å². The normalized spacial score (nSPS) is 22.3. The van der Waals surface area contributed by atoms with E-state index in [0.29, 0.717) is 6.54 Å². The van der Waals surface area contributed by atoms with Crippen LogP contribution in [0.4, 0.5) is 4.79 Å². The molecule has 0 aromatic heterocycles. The Balaban J connectivity index is 2.40. The van der Waals surface area contributed by atoms with E-state index < -0.39 is 24.1 Å². The number of carboxylic acid groups (broad SMARTS) is 1. The first-order valence-electron chi connectivity index (χ1n) is 7.17. The van der Waals surface area contributed by atoms with Crippen LogP contribution in [0.1, 0.15) is 26.7 Å². The molecule has 0 bridgehead atoms. The molecule has 1 heterocycles. The number of aliphatic carboxylic acids is 1. The number of β-amino-alcohol motifs (C(OH)–C–C–N with tert-alkyl or cyclic N) is 1. The van der Waals surface area contributed by atoms with Crippen LogP contribution in [0.15, 0.2) is 0 Å². The SMILES string of the molecule is CCCN(CC)CCNC(=O)N1C[C@@H](O)C[C@H]1C(=O)O. The van der Waals surface area contributed by atoms with Crippen molar-refractivity contribution >= 4 is 12.0 Å². The van der Waals surface area contributed by atoms with Crippen LogP contribution in [-0.4, -0.2) is 76.9 Å². The molecule has 20 heavy (non-hydrogen) atoms. The Bertz CT molecular complexity index is 338. The number of urea groups is 1. The predicted molar refractivity (Wildman–Crippen MR) is 74.6 cm³/mol. The van der Waals surface area contributed by atoms with Crippen LogP contribution in [0.3, 0.4) is 0 Å². The fraction of sp³-hybridized carbons (Fsp3) is 0.846. The third-order valence-electron chi connectivity index (χ3n) is 3.52. The number of likely N-dealkylation sites (tertiary alicyclic amines) is 1. The highest BCUT2D eigenvalue weighted by Crippen LogP contribution is 2.17. The van der Waals surface area contributed by atoms with E-state index in [1.165, 1.54) is 4.90 Å². The van der Waals surface area contributed by atoms with Crippen LogP contribution < -0.4 is 5.32 Å². The van der Waals surface area contributed by atoms with Gasteiger partial charge in [0.25, 0.3) is 0 Å². The first-order valence-corrected chi connectivity index (χ1v) is 7.17. The molecule has 0 aromatic rings. The molecule has 1 aliphatic heterocycles. The number of amides is 2. The zero-order valence-electron chi connectivity index (χ0n) is 12.2. The first kappa shape index (κ1) is 16.7. The Morgan fingerprint density at radius 3 is 2.60 bits per heavy atom. The molecule has 2 atom stereocenters. The summed E-state index contributed by atoms with van der Waals surface area (Å²) >= 11 is 0. The zero-order chi connectivity index (χ0) is 15.1. The van der Waals surface area contributed by atoms with Crippen molar-refractivity contribution in [2.75, 3.05) is 32.7 Å². The summed E-state index contributed by atoms with van der Waals surface area (Å²) in [5.74, 6) is -1.07. The highest BCUT2D eigenvalue weighted by atomic mass is 16.4. The minimum atomic E-state index is -1.07. The van der Waals surface area contributed by atoms with Crippen molar-refractivity contribution in [2.24, 2.45) is 0 Å². The summed E-state index contributed by atoms with van der Waals surface area (Å²) < 4.78 is 0. The second-order valence-corrected chi connectivity index (χ2v) is 5.06. The lowest BCUT2D eigenvalue weighted by atomic mass is 10.2. The van der Waals surface area contributed by atoms with Gasteiger partial charge in [-0.15, -0.1) is 0 Å². The summed E-state index contributed by atoms with van der Waals surface area (Å²) in [7, 11) is 0. The van der Waals surface area contributed by atoms with Gasteiger partial charge >= 0.3 is 12.0 Å². The van der Waals surface area contributed by atoms with Crippen molar-refractivity contribution in [1.29, 1.82) is 0 Å². The smallest absolute Gasteiger partial charge is 0.326 e. The lowest BCUT2D eigenvalue weighted by molar-refractivity contribution is -0.141. The molecule has 1 fully saturated rings. The largest absolute Gasteiger partial charge is 0.480 e. The Kier molecular flexibility index (Phi) is 6.74. The molecule has 0 spiro atoms. The van der Waals surface area contributed by atoms with Gasteiger partial charge in [0.15, 0.2) is 0 Å². The van der Waals surface area contributed by atoms with Crippen LogP contribution in [-0.2, 0) is 4.79 Å². The molecule has 3 N–H and O–H groups in total. The van der Waals surface area contributed by atoms with Crippen molar-refractivity contribution < 1.29 is 19.8 Å². The molecular formula is C13H25N3O4. The number of hydrogen-bond donors (Lipinski definition) is 3. The van der Waals surface area contributed by atoms with Gasteiger partial charge in [-0.05, 0) is 19.5 Å². The molecule has 1 aliphatic rings. The number of nitrogens with zero attached hydrogens (tertiary/aromatic N) is 2. The number of nitrogens with one attached hydrogen (secondary N) is 1. The van der Waals surface area contributed by atoms with Crippen LogP contribution in [0.2, 0.25) is 0 Å². The summed E-state index contributed by atoms with van der Waals surface area (Å²) in [6.07, 6.45) is 0.398. The standard InChI is InChI=1S/C13H25N3O4/c1-3-6-15(4-2)7-5-14-13(20)16-9-10(17)8-11(16)12(18)19/h10-11,17H,3-9H2,1-2H3,(H,14,20)(H,18,19)/t10-,11-/m0/s1. The van der Waals surface area contributed by atoms with Gasteiger partial charge in [0.05, 0.1) is 6.10 Å². The Morgan fingerprint density at radius 2 is 2.05 bits per heavy atom. The maximum atomic E-state index is 12.0. The molecule has 7 heteroatoms. The lowest BCUT2D eigenvalue weighted by Gasteiger charge is -2.23. The van der Waals surface area contributed by atoms with E-state index in [0.717, 1.165) is 26.1 Å². The number of likely N-dealkylation sites (N-methyl/N-ethyl adjacent to an activating group) is 1. The molecular weight excluding hydrogens is 262 g/mol. The van der Waals surface area contributed by atoms with Gasteiger partial charge in [0.2, 0.25) is 0 Å². The monoisotopic (exact) mass is 287 g/mol. The van der Waals surface area contributed by atoms with Gasteiger partial charge in [-0.2, -0.15) is 0 Å². The fourth-order valence-corrected chi connectivity index (χ4v) is 2.44. The van der Waals surface area contributed by atoms with Gasteiger partial charge in [0, 0.05) is 26.1 Å². The Labute approximate surface area is 119 Å². The second-order valence-electron chi connectivity index (χ2n) is 5.06. The highest BCUT2D eigenvalue weighted by Gasteiger charge is 2.38. The minimum absolute atomic E-state index is 0.0786. The second kappa shape index (κ2) is 8.06. The van der Waals surface area contributed by atoms with Crippen molar-refractivity contribution in [1.82, 2.24) is 15.1 Å². The molecule has 0 unspecified atom stereocenters. The molecule has 1 rings (SSSR count). The number of carbonyl (C=O) groups is 2. The molecule has 2 amide bonds. The number of aliphatic hydroxyl groups is 1. The number of carbonyl (C=O) groups excluding carboxylic acids is 1. The minimum Gasteiger partial charge on any atom is -0.480 e. The maximum Gasteiger partial charge on any atom is 0.326 e. The van der Waals surface area contributed by atoms with E-state index in [1.54, 1.807) is 0 Å². The third-order valence-corrected chi connectivity index (χ3v) is 3.52. The average molecular weight is 287 g/mol. The van der Waals surface area contributed by atoms with Crippen molar-refractivity contribution in [3.8, 4) is 0 Å². The lowest BCUT2D eigenvalue weighted by Crippen LogP contribution is -2.47. The van der Waals surface area contributed by atoms with E-state index in [2.05, 4.69) is 24.1 Å². The Hall–Kier alpha value is -1.34. The van der Waals surface area contributed by atoms with Crippen LogP contribution in [0, 0.1) is 0 Å². The number of hydrogen-bond acceptors (Lipinski definition) is 4. The van der Waals surface area contributed by atoms with Gasteiger partial charge in [-0.3, -0.25) is 0 Å². The molecule has 0 aliphatic carbocycles. The summed E-state index contributed by atoms with van der Waals surface area (Å²) in [4.78, 5) is 26.4. The van der Waals surface area contributed by atoms with Gasteiger partial charge in [0.1, 0.15) is 6.04 Å². The van der Waals surface area contributed by atoms with Gasteiger partial charge in [-0.1, -0.05) is 13.8 Å². The fourth-order valence-electron chi connectivity index (χ4n) is 2.44. The van der Waals surface area contributed by atoms with Gasteiger partial charge in [-0.25, -0.2) is 9.59 Å². The van der Waals surface area contributed by atoms with E-state index in [-0.39, 0.29) is 13.0 Å². The van der Waals surface area contributed by atoms with Crippen LogP contribution in [0.25, 0.3) is 0 Å². The number of rotatable bonds is 7. The zero-order valence-corrected chi connectivity index (χ0v) is 12.2. The summed E-state index contributed by atoms with van der Waals surface area (Å²) in [5.41, 5.74) is 0. The predicted octanol–water partition coefficient (Wildman–Crippen LogP) is -0.0523. The van der Waals surface area contributed by atoms with E-state index in [9.17, 15) is 14.7 Å². The van der Waals surface area contributed by atoms with Crippen molar-refractivity contribution in [2.45, 2.75) is 38.8 Å². The van der Waals surface area contributed by atoms with Crippen molar-refractivity contribution in [3.63, 3.8) is 0 Å². The molecule has 1 saturated heterocycles. The maximum absolute atomic E-state index is 12.0. The van der Waals surface area contributed by atoms with Crippen molar-refractivity contribution in [3.05, 3.63) is 0 Å². The number of carboxylic acids is 1. The topological polar surface area (TPSA) is 93.1 Å².